The Kier molecular flexibility index (Phi) is 6.04. The van der Waals surface area contributed by atoms with Gasteiger partial charge in [-0.2, -0.15) is 0 Å². The van der Waals surface area contributed by atoms with Gasteiger partial charge in [0.1, 0.15) is 42.7 Å². The largest absolute Gasteiger partial charge is 0.491 e. The van der Waals surface area contributed by atoms with Crippen LogP contribution in [-0.4, -0.2) is 64.8 Å². The van der Waals surface area contributed by atoms with E-state index in [9.17, 15) is 4.39 Å². The third-order valence-corrected chi connectivity index (χ3v) is 3.73. The minimum Gasteiger partial charge on any atom is -0.491 e. The third-order valence-electron chi connectivity index (χ3n) is 3.73. The lowest BCUT2D eigenvalue weighted by Crippen LogP contribution is -2.41. The smallest absolute Gasteiger partial charge is 0.130 e. The molecule has 2 saturated heterocycles. The fourth-order valence-electron chi connectivity index (χ4n) is 2.54. The summed E-state index contributed by atoms with van der Waals surface area (Å²) < 4.78 is 36.1. The summed E-state index contributed by atoms with van der Waals surface area (Å²) in [5, 5.41) is 6.45. The minimum absolute atomic E-state index is 0.0156. The Labute approximate surface area is 135 Å². The molecule has 1 aromatic carbocycles. The zero-order valence-electron chi connectivity index (χ0n) is 13.1. The lowest BCUT2D eigenvalue weighted by Gasteiger charge is -2.24. The fraction of sp³-hybridized carbons (Fsp3) is 0.625. The summed E-state index contributed by atoms with van der Waals surface area (Å²) in [7, 11) is 0. The Morgan fingerprint density at radius 1 is 0.913 bits per heavy atom. The summed E-state index contributed by atoms with van der Waals surface area (Å²) in [6, 6.07) is 4.39. The third kappa shape index (κ3) is 5.31. The van der Waals surface area contributed by atoms with Gasteiger partial charge in [-0.1, -0.05) is 0 Å². The second-order valence-electron chi connectivity index (χ2n) is 5.64. The van der Waals surface area contributed by atoms with Crippen molar-refractivity contribution in [3.05, 3.63) is 24.0 Å². The lowest BCUT2D eigenvalue weighted by molar-refractivity contribution is -0.00143. The summed E-state index contributed by atoms with van der Waals surface area (Å²) in [4.78, 5) is 0. The van der Waals surface area contributed by atoms with Gasteiger partial charge in [0.05, 0.1) is 13.2 Å². The summed E-state index contributed by atoms with van der Waals surface area (Å²) >= 11 is 0. The van der Waals surface area contributed by atoms with Gasteiger partial charge in [-0.15, -0.1) is 0 Å². The molecule has 0 amide bonds. The van der Waals surface area contributed by atoms with Gasteiger partial charge in [0, 0.05) is 44.4 Å². The average molecular weight is 326 g/mol. The number of morpholine rings is 2. The van der Waals surface area contributed by atoms with Gasteiger partial charge in [-0.25, -0.2) is 4.39 Å². The molecule has 2 aliphatic rings. The van der Waals surface area contributed by atoms with Crippen LogP contribution in [0, 0.1) is 5.82 Å². The van der Waals surface area contributed by atoms with Crippen LogP contribution in [0.3, 0.4) is 0 Å². The molecule has 6 nitrogen and oxygen atoms in total. The highest BCUT2D eigenvalue weighted by Crippen LogP contribution is 2.23. The molecule has 2 fully saturated rings. The zero-order chi connectivity index (χ0) is 15.9. The maximum atomic E-state index is 13.7. The van der Waals surface area contributed by atoms with Gasteiger partial charge < -0.3 is 29.6 Å². The zero-order valence-corrected chi connectivity index (χ0v) is 13.1. The number of nitrogens with one attached hydrogen (secondary N) is 2. The van der Waals surface area contributed by atoms with Crippen molar-refractivity contribution in [2.75, 3.05) is 52.6 Å². The predicted molar refractivity (Wildman–Crippen MR) is 82.6 cm³/mol. The van der Waals surface area contributed by atoms with Crippen molar-refractivity contribution in [3.8, 4) is 11.5 Å². The molecule has 1 aromatic rings. The Hall–Kier alpha value is -1.41. The van der Waals surface area contributed by atoms with Crippen molar-refractivity contribution < 1.29 is 23.3 Å². The van der Waals surface area contributed by atoms with Crippen molar-refractivity contribution in [1.82, 2.24) is 10.6 Å². The molecule has 0 radical (unpaired) electrons. The molecule has 23 heavy (non-hydrogen) atoms. The standard InChI is InChI=1S/C16H23FN2O4/c17-12-5-13(22-10-15-8-18-1-3-20-15)7-14(6-12)23-11-16-9-19-2-4-21-16/h5-7,15-16,18-19H,1-4,8-11H2/t15-,16-/m0/s1. The van der Waals surface area contributed by atoms with Crippen LogP contribution in [0.5, 0.6) is 11.5 Å². The lowest BCUT2D eigenvalue weighted by atomic mass is 10.3. The number of benzene rings is 1. The quantitative estimate of drug-likeness (QED) is 0.797. The highest BCUT2D eigenvalue weighted by molar-refractivity contribution is 5.34. The Morgan fingerprint density at radius 2 is 1.43 bits per heavy atom. The molecule has 2 atom stereocenters. The van der Waals surface area contributed by atoms with Crippen molar-refractivity contribution in [2.24, 2.45) is 0 Å². The number of ether oxygens (including phenoxy) is 4. The maximum Gasteiger partial charge on any atom is 0.130 e. The SMILES string of the molecule is Fc1cc(OC[C@@H]2CNCCO2)cc(OC[C@@H]2CNCCO2)c1. The van der Waals surface area contributed by atoms with E-state index < -0.39 is 0 Å². The molecule has 7 heteroatoms. The first-order valence-corrected chi connectivity index (χ1v) is 8.00. The molecule has 0 aromatic heterocycles. The second kappa shape index (κ2) is 8.44. The Bertz CT molecular complexity index is 451. The van der Waals surface area contributed by atoms with Crippen LogP contribution in [0.2, 0.25) is 0 Å². The van der Waals surface area contributed by atoms with E-state index in [1.54, 1.807) is 6.07 Å². The Balaban J connectivity index is 1.50. The molecule has 3 rings (SSSR count). The van der Waals surface area contributed by atoms with E-state index in [1.807, 2.05) is 0 Å². The van der Waals surface area contributed by atoms with E-state index in [0.717, 1.165) is 26.2 Å². The number of hydrogen-bond donors (Lipinski definition) is 2. The van der Waals surface area contributed by atoms with Gasteiger partial charge in [0.2, 0.25) is 0 Å². The van der Waals surface area contributed by atoms with Gasteiger partial charge in [0.25, 0.3) is 0 Å². The van der Waals surface area contributed by atoms with Crippen LogP contribution in [0.4, 0.5) is 4.39 Å². The summed E-state index contributed by atoms with van der Waals surface area (Å²) in [6.07, 6.45) is -0.0313. The average Bonchev–Trinajstić information content (AvgIpc) is 2.60. The van der Waals surface area contributed by atoms with E-state index in [2.05, 4.69) is 10.6 Å². The molecular weight excluding hydrogens is 303 g/mol. The molecule has 2 N–H and O–H groups in total. The van der Waals surface area contributed by atoms with E-state index in [4.69, 9.17) is 18.9 Å². The first kappa shape index (κ1) is 16.4. The van der Waals surface area contributed by atoms with Crippen LogP contribution in [0.25, 0.3) is 0 Å². The van der Waals surface area contributed by atoms with Crippen LogP contribution in [0.15, 0.2) is 18.2 Å². The molecule has 0 saturated carbocycles. The fourth-order valence-corrected chi connectivity index (χ4v) is 2.54. The van der Waals surface area contributed by atoms with Gasteiger partial charge >= 0.3 is 0 Å². The van der Waals surface area contributed by atoms with E-state index in [1.165, 1.54) is 12.1 Å². The summed E-state index contributed by atoms with van der Waals surface area (Å²) in [5.41, 5.74) is 0. The first-order valence-electron chi connectivity index (χ1n) is 8.00. The molecule has 0 unspecified atom stereocenters. The maximum absolute atomic E-state index is 13.7. The molecule has 0 bridgehead atoms. The Morgan fingerprint density at radius 3 is 1.87 bits per heavy atom. The first-order chi connectivity index (χ1) is 11.3. The van der Waals surface area contributed by atoms with Crippen LogP contribution >= 0.6 is 0 Å². The van der Waals surface area contributed by atoms with Crippen molar-refractivity contribution in [1.29, 1.82) is 0 Å². The molecular formula is C16H23FN2O4. The second-order valence-corrected chi connectivity index (χ2v) is 5.64. The molecule has 128 valence electrons. The van der Waals surface area contributed by atoms with Gasteiger partial charge in [-0.05, 0) is 0 Å². The number of hydrogen-bond acceptors (Lipinski definition) is 6. The van der Waals surface area contributed by atoms with E-state index in [-0.39, 0.29) is 18.0 Å². The predicted octanol–water partition coefficient (Wildman–Crippen LogP) is 0.560. The van der Waals surface area contributed by atoms with E-state index in [0.29, 0.717) is 37.9 Å². The topological polar surface area (TPSA) is 61.0 Å². The minimum atomic E-state index is -0.386. The molecule has 0 spiro atoms. The van der Waals surface area contributed by atoms with Crippen LogP contribution in [0.1, 0.15) is 0 Å². The summed E-state index contributed by atoms with van der Waals surface area (Å²) in [6.45, 7) is 5.29. The van der Waals surface area contributed by atoms with Gasteiger partial charge in [-0.3, -0.25) is 0 Å². The number of rotatable bonds is 6. The van der Waals surface area contributed by atoms with Gasteiger partial charge in [0.15, 0.2) is 0 Å². The van der Waals surface area contributed by atoms with Crippen LogP contribution in [-0.2, 0) is 9.47 Å². The van der Waals surface area contributed by atoms with Crippen molar-refractivity contribution >= 4 is 0 Å². The molecule has 2 aliphatic heterocycles. The highest BCUT2D eigenvalue weighted by atomic mass is 19.1. The van der Waals surface area contributed by atoms with Crippen molar-refractivity contribution in [2.45, 2.75) is 12.2 Å². The van der Waals surface area contributed by atoms with Crippen LogP contribution < -0.4 is 20.1 Å². The number of halogens is 1. The molecule has 2 heterocycles. The molecule has 0 aliphatic carbocycles. The highest BCUT2D eigenvalue weighted by Gasteiger charge is 2.16. The normalized spacial score (nSPS) is 25.1. The van der Waals surface area contributed by atoms with E-state index >= 15 is 0 Å². The monoisotopic (exact) mass is 326 g/mol. The van der Waals surface area contributed by atoms with Crippen molar-refractivity contribution in [3.63, 3.8) is 0 Å². The summed E-state index contributed by atoms with van der Waals surface area (Å²) in [5.74, 6) is 0.497.